The lowest BCUT2D eigenvalue weighted by molar-refractivity contribution is 0.0340. The molecule has 1 heterocycles. The molecule has 30 heavy (non-hydrogen) atoms. The number of carbonyl (C=O) groups is 1. The molecule has 1 aromatic carbocycles. The molecule has 0 radical (unpaired) electrons. The van der Waals surface area contributed by atoms with E-state index in [1.165, 1.54) is 11.1 Å². The van der Waals surface area contributed by atoms with Gasteiger partial charge in [-0.25, -0.2) is 4.79 Å². The van der Waals surface area contributed by atoms with Crippen molar-refractivity contribution in [2.45, 2.75) is 45.9 Å². The third kappa shape index (κ3) is 9.45. The van der Waals surface area contributed by atoms with E-state index in [0.717, 1.165) is 45.2 Å². The van der Waals surface area contributed by atoms with Gasteiger partial charge in [-0.1, -0.05) is 24.3 Å². The van der Waals surface area contributed by atoms with Crippen molar-refractivity contribution in [3.8, 4) is 0 Å². The summed E-state index contributed by atoms with van der Waals surface area (Å²) in [7, 11) is 1.76. The first-order chi connectivity index (χ1) is 14.4. The number of hydrogen-bond acceptors (Lipinski definition) is 5. The first kappa shape index (κ1) is 24.0. The van der Waals surface area contributed by atoms with E-state index in [1.807, 2.05) is 20.8 Å². The molecule has 3 N–H and O–H groups in total. The number of carbonyl (C=O) groups excluding carboxylic acids is 1. The van der Waals surface area contributed by atoms with Gasteiger partial charge in [0.15, 0.2) is 5.96 Å². The van der Waals surface area contributed by atoms with E-state index in [0.29, 0.717) is 19.6 Å². The van der Waals surface area contributed by atoms with Crippen molar-refractivity contribution in [1.29, 1.82) is 0 Å². The van der Waals surface area contributed by atoms with Crippen molar-refractivity contribution < 1.29 is 14.3 Å². The zero-order chi connectivity index (χ0) is 21.8. The summed E-state index contributed by atoms with van der Waals surface area (Å²) in [5.74, 6) is 0.744. The number of alkyl carbamates (subject to hydrolysis) is 1. The fourth-order valence-corrected chi connectivity index (χ4v) is 3.08. The number of amides is 1. The Morgan fingerprint density at radius 2 is 1.77 bits per heavy atom. The lowest BCUT2D eigenvalue weighted by Gasteiger charge is -2.27. The summed E-state index contributed by atoms with van der Waals surface area (Å²) in [5.41, 5.74) is 2.11. The maximum atomic E-state index is 11.6. The Labute approximate surface area is 180 Å². The third-order valence-corrected chi connectivity index (χ3v) is 4.60. The van der Waals surface area contributed by atoms with E-state index >= 15 is 0 Å². The van der Waals surface area contributed by atoms with E-state index in [4.69, 9.17) is 9.47 Å². The summed E-state index contributed by atoms with van der Waals surface area (Å²) >= 11 is 0. The SMILES string of the molecule is CN=C(NCCCNC(=O)OC(C)(C)C)NCc1ccccc1CN1CCOCC1. The number of nitrogens with one attached hydrogen (secondary N) is 3. The Hall–Kier alpha value is -2.32. The molecule has 0 saturated carbocycles. The third-order valence-electron chi connectivity index (χ3n) is 4.60. The van der Waals surface area contributed by atoms with E-state index in [2.05, 4.69) is 50.1 Å². The molecule has 0 unspecified atom stereocenters. The zero-order valence-electron chi connectivity index (χ0n) is 18.8. The Morgan fingerprint density at radius 3 is 2.43 bits per heavy atom. The minimum Gasteiger partial charge on any atom is -0.444 e. The van der Waals surface area contributed by atoms with Crippen molar-refractivity contribution in [3.63, 3.8) is 0 Å². The van der Waals surface area contributed by atoms with Gasteiger partial charge < -0.3 is 25.4 Å². The average molecular weight is 420 g/mol. The number of hydrogen-bond donors (Lipinski definition) is 3. The van der Waals surface area contributed by atoms with Crippen LogP contribution >= 0.6 is 0 Å². The highest BCUT2D eigenvalue weighted by Gasteiger charge is 2.15. The topological polar surface area (TPSA) is 87.2 Å². The smallest absolute Gasteiger partial charge is 0.407 e. The predicted molar refractivity (Wildman–Crippen MR) is 120 cm³/mol. The second-order valence-electron chi connectivity index (χ2n) is 8.29. The molecule has 168 valence electrons. The van der Waals surface area contributed by atoms with Crippen molar-refractivity contribution in [2.24, 2.45) is 4.99 Å². The molecule has 0 bridgehead atoms. The van der Waals surface area contributed by atoms with E-state index in [9.17, 15) is 4.79 Å². The number of rotatable bonds is 8. The summed E-state index contributed by atoms with van der Waals surface area (Å²) in [6.45, 7) is 12.0. The Morgan fingerprint density at radius 1 is 1.10 bits per heavy atom. The van der Waals surface area contributed by atoms with E-state index in [-0.39, 0.29) is 6.09 Å². The summed E-state index contributed by atoms with van der Waals surface area (Å²) in [5, 5.41) is 9.42. The molecule has 1 amide bonds. The van der Waals surface area contributed by atoms with Crippen molar-refractivity contribution >= 4 is 12.1 Å². The second-order valence-corrected chi connectivity index (χ2v) is 8.29. The molecule has 1 aliphatic heterocycles. The molecule has 1 fully saturated rings. The summed E-state index contributed by atoms with van der Waals surface area (Å²) < 4.78 is 10.7. The van der Waals surface area contributed by atoms with Crippen molar-refractivity contribution in [3.05, 3.63) is 35.4 Å². The number of benzene rings is 1. The normalized spacial score (nSPS) is 15.5. The largest absolute Gasteiger partial charge is 0.444 e. The Balaban J connectivity index is 1.71. The average Bonchev–Trinajstić information content (AvgIpc) is 2.70. The fourth-order valence-electron chi connectivity index (χ4n) is 3.08. The van der Waals surface area contributed by atoms with Crippen LogP contribution in [0.25, 0.3) is 0 Å². The maximum Gasteiger partial charge on any atom is 0.407 e. The number of guanidine groups is 1. The van der Waals surface area contributed by atoms with Crippen molar-refractivity contribution in [2.75, 3.05) is 46.4 Å². The van der Waals surface area contributed by atoms with Crippen LogP contribution in [0.15, 0.2) is 29.3 Å². The van der Waals surface area contributed by atoms with Gasteiger partial charge in [-0.15, -0.1) is 0 Å². The van der Waals surface area contributed by atoms with Crippen LogP contribution < -0.4 is 16.0 Å². The lowest BCUT2D eigenvalue weighted by Crippen LogP contribution is -2.39. The van der Waals surface area contributed by atoms with Crippen LogP contribution in [0.1, 0.15) is 38.3 Å². The van der Waals surface area contributed by atoms with Crippen LogP contribution in [0.4, 0.5) is 4.79 Å². The van der Waals surface area contributed by atoms with Gasteiger partial charge in [0.05, 0.1) is 13.2 Å². The van der Waals surface area contributed by atoms with Gasteiger partial charge in [-0.05, 0) is 38.3 Å². The quantitative estimate of drug-likeness (QED) is 0.340. The first-order valence-electron chi connectivity index (χ1n) is 10.7. The highest BCUT2D eigenvalue weighted by atomic mass is 16.6. The van der Waals surface area contributed by atoms with Gasteiger partial charge >= 0.3 is 6.09 Å². The van der Waals surface area contributed by atoms with Crippen LogP contribution in [0.5, 0.6) is 0 Å². The predicted octanol–water partition coefficient (Wildman–Crippen LogP) is 2.10. The number of ether oxygens (including phenoxy) is 2. The molecule has 1 saturated heterocycles. The van der Waals surface area contributed by atoms with Crippen LogP contribution in [0.2, 0.25) is 0 Å². The van der Waals surface area contributed by atoms with Crippen molar-refractivity contribution in [1.82, 2.24) is 20.9 Å². The van der Waals surface area contributed by atoms with Crippen LogP contribution in [-0.4, -0.2) is 69.0 Å². The van der Waals surface area contributed by atoms with Gasteiger partial charge in [0.2, 0.25) is 0 Å². The van der Waals surface area contributed by atoms with Gasteiger partial charge in [0.1, 0.15) is 5.60 Å². The highest BCUT2D eigenvalue weighted by molar-refractivity contribution is 5.79. The maximum absolute atomic E-state index is 11.6. The summed E-state index contributed by atoms with van der Waals surface area (Å²) in [6, 6.07) is 8.49. The second kappa shape index (κ2) is 12.4. The Kier molecular flexibility index (Phi) is 9.89. The fraction of sp³-hybridized carbons (Fsp3) is 0.636. The first-order valence-corrected chi connectivity index (χ1v) is 10.7. The monoisotopic (exact) mass is 419 g/mol. The molecule has 0 atom stereocenters. The standard InChI is InChI=1S/C22H37N5O3/c1-22(2,3)30-21(28)25-11-7-10-24-20(23-4)26-16-18-8-5-6-9-19(18)17-27-12-14-29-15-13-27/h5-6,8-9H,7,10-17H2,1-4H3,(H,25,28)(H2,23,24,26). The van der Waals surface area contributed by atoms with Gasteiger partial charge in [0, 0.05) is 46.3 Å². The highest BCUT2D eigenvalue weighted by Crippen LogP contribution is 2.13. The Bertz CT molecular complexity index is 682. The van der Waals surface area contributed by atoms with Gasteiger partial charge in [0.25, 0.3) is 0 Å². The van der Waals surface area contributed by atoms with E-state index < -0.39 is 5.60 Å². The van der Waals surface area contributed by atoms with Crippen LogP contribution in [-0.2, 0) is 22.6 Å². The molecular formula is C22H37N5O3. The summed E-state index contributed by atoms with van der Waals surface area (Å²) in [4.78, 5) is 18.4. The summed E-state index contributed by atoms with van der Waals surface area (Å²) in [6.07, 6.45) is 0.384. The zero-order valence-corrected chi connectivity index (χ0v) is 18.8. The van der Waals surface area contributed by atoms with Gasteiger partial charge in [-0.3, -0.25) is 9.89 Å². The molecule has 2 rings (SSSR count). The minimum absolute atomic E-state index is 0.387. The number of morpholine rings is 1. The molecule has 0 spiro atoms. The molecule has 8 heteroatoms. The van der Waals surface area contributed by atoms with Crippen LogP contribution in [0, 0.1) is 0 Å². The number of aliphatic imine (C=N–C) groups is 1. The van der Waals surface area contributed by atoms with Gasteiger partial charge in [-0.2, -0.15) is 0 Å². The molecule has 8 nitrogen and oxygen atoms in total. The molecular weight excluding hydrogens is 382 g/mol. The molecule has 0 aromatic heterocycles. The lowest BCUT2D eigenvalue weighted by atomic mass is 10.1. The molecule has 0 aliphatic carbocycles. The molecule has 1 aliphatic rings. The molecule has 1 aromatic rings. The van der Waals surface area contributed by atoms with Crippen LogP contribution in [0.3, 0.4) is 0 Å². The minimum atomic E-state index is -0.480. The van der Waals surface area contributed by atoms with E-state index in [1.54, 1.807) is 7.05 Å². The number of nitrogens with zero attached hydrogens (tertiary/aromatic N) is 2.